The number of amides is 2. The monoisotopic (exact) mass is 397 g/mol. The van der Waals surface area contributed by atoms with E-state index in [9.17, 15) is 9.59 Å². The Morgan fingerprint density at radius 1 is 1.00 bits per heavy atom. The van der Waals surface area contributed by atoms with Gasteiger partial charge in [0.15, 0.2) is 0 Å². The van der Waals surface area contributed by atoms with Gasteiger partial charge in [0.05, 0.1) is 0 Å². The third-order valence-corrected chi connectivity index (χ3v) is 6.27. The van der Waals surface area contributed by atoms with Crippen molar-refractivity contribution in [3.05, 3.63) is 100 Å². The van der Waals surface area contributed by atoms with Crippen LogP contribution in [0.25, 0.3) is 0 Å². The molecule has 1 saturated heterocycles. The van der Waals surface area contributed by atoms with Gasteiger partial charge in [-0.15, -0.1) is 0 Å². The van der Waals surface area contributed by atoms with Gasteiger partial charge in [-0.25, -0.2) is 0 Å². The number of hydrogen-bond acceptors (Lipinski definition) is 3. The van der Waals surface area contributed by atoms with Gasteiger partial charge in [0.1, 0.15) is 5.66 Å². The Bertz CT molecular complexity index is 1160. The van der Waals surface area contributed by atoms with Gasteiger partial charge < -0.3 is 9.80 Å². The molecule has 0 N–H and O–H groups in total. The molecule has 0 aliphatic carbocycles. The molecule has 0 bridgehead atoms. The summed E-state index contributed by atoms with van der Waals surface area (Å²) in [5.41, 5.74) is 4.39. The highest BCUT2D eigenvalue weighted by Crippen LogP contribution is 2.45. The Morgan fingerprint density at radius 2 is 1.77 bits per heavy atom. The van der Waals surface area contributed by atoms with Crippen LogP contribution in [-0.2, 0) is 12.1 Å². The second-order valence-corrected chi connectivity index (χ2v) is 8.12. The van der Waals surface area contributed by atoms with E-state index in [1.54, 1.807) is 12.3 Å². The molecule has 0 saturated carbocycles. The predicted molar refractivity (Wildman–Crippen MR) is 114 cm³/mol. The van der Waals surface area contributed by atoms with Crippen molar-refractivity contribution in [2.75, 3.05) is 13.1 Å². The molecule has 2 amide bonds. The van der Waals surface area contributed by atoms with E-state index >= 15 is 0 Å². The number of nitrogens with zero attached hydrogens (tertiary/aromatic N) is 3. The number of benzene rings is 2. The van der Waals surface area contributed by atoms with Gasteiger partial charge in [0.2, 0.25) is 0 Å². The summed E-state index contributed by atoms with van der Waals surface area (Å²) in [4.78, 5) is 35.1. The summed E-state index contributed by atoms with van der Waals surface area (Å²) in [5.74, 6) is -0.0885. The summed E-state index contributed by atoms with van der Waals surface area (Å²) in [6, 6.07) is 19.5. The second-order valence-electron chi connectivity index (χ2n) is 8.12. The SMILES string of the molecule is Cc1ccc(C23Cc4ccccc4C(=O)N2CCN3C(=O)c2ccnc(C)c2)cc1. The zero-order valence-electron chi connectivity index (χ0n) is 17.1. The number of pyridine rings is 1. The minimum atomic E-state index is -0.826. The topological polar surface area (TPSA) is 53.5 Å². The fourth-order valence-electron chi connectivity index (χ4n) is 4.81. The quantitative estimate of drug-likeness (QED) is 0.663. The lowest BCUT2D eigenvalue weighted by Gasteiger charge is -2.47. The van der Waals surface area contributed by atoms with Crippen LogP contribution in [0, 0.1) is 13.8 Å². The van der Waals surface area contributed by atoms with Crippen molar-refractivity contribution in [3.8, 4) is 0 Å². The molecule has 5 rings (SSSR count). The highest BCUT2D eigenvalue weighted by Gasteiger charge is 2.55. The van der Waals surface area contributed by atoms with Gasteiger partial charge in [0.25, 0.3) is 11.8 Å². The number of hydrogen-bond donors (Lipinski definition) is 0. The van der Waals surface area contributed by atoms with Gasteiger partial charge in [-0.2, -0.15) is 0 Å². The zero-order valence-corrected chi connectivity index (χ0v) is 17.1. The van der Waals surface area contributed by atoms with Crippen LogP contribution in [-0.4, -0.2) is 39.7 Å². The molecule has 1 unspecified atom stereocenters. The lowest BCUT2D eigenvalue weighted by molar-refractivity contribution is 0.00771. The van der Waals surface area contributed by atoms with Crippen LogP contribution in [0.15, 0.2) is 66.9 Å². The molecule has 3 aromatic rings. The highest BCUT2D eigenvalue weighted by molar-refractivity contribution is 6.00. The smallest absolute Gasteiger partial charge is 0.256 e. The molecule has 1 atom stereocenters. The molecular formula is C25H23N3O2. The van der Waals surface area contributed by atoms with Gasteiger partial charge in [-0.1, -0.05) is 48.0 Å². The molecule has 1 fully saturated rings. The molecule has 5 heteroatoms. The van der Waals surface area contributed by atoms with E-state index in [-0.39, 0.29) is 11.8 Å². The van der Waals surface area contributed by atoms with E-state index in [4.69, 9.17) is 0 Å². The third kappa shape index (κ3) is 2.65. The van der Waals surface area contributed by atoms with Crippen LogP contribution in [0.2, 0.25) is 0 Å². The summed E-state index contributed by atoms with van der Waals surface area (Å²) < 4.78 is 0. The summed E-state index contributed by atoms with van der Waals surface area (Å²) >= 11 is 0. The molecule has 0 radical (unpaired) electrons. The van der Waals surface area contributed by atoms with Crippen molar-refractivity contribution in [2.24, 2.45) is 0 Å². The van der Waals surface area contributed by atoms with Crippen molar-refractivity contribution >= 4 is 11.8 Å². The largest absolute Gasteiger partial charge is 0.309 e. The van der Waals surface area contributed by atoms with Gasteiger partial charge >= 0.3 is 0 Å². The van der Waals surface area contributed by atoms with Crippen LogP contribution < -0.4 is 0 Å². The van der Waals surface area contributed by atoms with Crippen molar-refractivity contribution in [1.29, 1.82) is 0 Å². The second kappa shape index (κ2) is 6.80. The van der Waals surface area contributed by atoms with Crippen LogP contribution in [0.4, 0.5) is 0 Å². The van der Waals surface area contributed by atoms with Crippen LogP contribution in [0.1, 0.15) is 43.1 Å². The molecule has 5 nitrogen and oxygen atoms in total. The minimum Gasteiger partial charge on any atom is -0.309 e. The zero-order chi connectivity index (χ0) is 20.9. The van der Waals surface area contributed by atoms with E-state index in [0.717, 1.165) is 27.9 Å². The van der Waals surface area contributed by atoms with E-state index in [0.29, 0.717) is 25.1 Å². The Kier molecular flexibility index (Phi) is 4.21. The fraction of sp³-hybridized carbons (Fsp3) is 0.240. The number of aryl methyl sites for hydroxylation is 2. The average molecular weight is 397 g/mol. The fourth-order valence-corrected chi connectivity index (χ4v) is 4.81. The molecule has 2 aliphatic rings. The van der Waals surface area contributed by atoms with Gasteiger partial charge in [0, 0.05) is 42.5 Å². The summed E-state index contributed by atoms with van der Waals surface area (Å²) in [6.45, 7) is 4.92. The Hall–Kier alpha value is -3.47. The number of aromatic nitrogens is 1. The maximum absolute atomic E-state index is 13.7. The number of carbonyl (C=O) groups excluding carboxylic acids is 2. The van der Waals surface area contributed by atoms with E-state index in [2.05, 4.69) is 4.98 Å². The van der Waals surface area contributed by atoms with Gasteiger partial charge in [-0.05, 0) is 43.2 Å². The Balaban J connectivity index is 1.70. The molecule has 2 aromatic carbocycles. The summed E-state index contributed by atoms with van der Waals surface area (Å²) in [6.07, 6.45) is 2.24. The van der Waals surface area contributed by atoms with Crippen molar-refractivity contribution in [3.63, 3.8) is 0 Å². The molecule has 2 aliphatic heterocycles. The summed E-state index contributed by atoms with van der Waals surface area (Å²) in [7, 11) is 0. The minimum absolute atomic E-state index is 0.0152. The molecule has 1 aromatic heterocycles. The number of carbonyl (C=O) groups is 2. The van der Waals surface area contributed by atoms with Crippen LogP contribution in [0.5, 0.6) is 0 Å². The van der Waals surface area contributed by atoms with Gasteiger partial charge in [-0.3, -0.25) is 14.6 Å². The average Bonchev–Trinajstić information content (AvgIpc) is 3.14. The van der Waals surface area contributed by atoms with Crippen LogP contribution in [0.3, 0.4) is 0 Å². The first-order valence-electron chi connectivity index (χ1n) is 10.2. The van der Waals surface area contributed by atoms with Crippen molar-refractivity contribution in [1.82, 2.24) is 14.8 Å². The molecule has 3 heterocycles. The number of rotatable bonds is 2. The first-order valence-corrected chi connectivity index (χ1v) is 10.2. The maximum atomic E-state index is 13.7. The van der Waals surface area contributed by atoms with Crippen molar-refractivity contribution < 1.29 is 9.59 Å². The van der Waals surface area contributed by atoms with E-state index in [1.165, 1.54) is 0 Å². The number of fused-ring (bicyclic) bond motifs is 2. The maximum Gasteiger partial charge on any atom is 0.256 e. The van der Waals surface area contributed by atoms with Crippen LogP contribution >= 0.6 is 0 Å². The Morgan fingerprint density at radius 3 is 2.53 bits per heavy atom. The molecule has 150 valence electrons. The van der Waals surface area contributed by atoms with E-state index < -0.39 is 5.66 Å². The molecular weight excluding hydrogens is 374 g/mol. The van der Waals surface area contributed by atoms with Crippen molar-refractivity contribution in [2.45, 2.75) is 25.9 Å². The highest BCUT2D eigenvalue weighted by atomic mass is 16.2. The molecule has 0 spiro atoms. The lowest BCUT2D eigenvalue weighted by Crippen LogP contribution is -2.58. The normalized spacial score (nSPS) is 20.1. The van der Waals surface area contributed by atoms with E-state index in [1.807, 2.05) is 78.2 Å². The molecule has 30 heavy (non-hydrogen) atoms. The first-order chi connectivity index (χ1) is 14.5. The standard InChI is InChI=1S/C25H23N3O2/c1-17-7-9-21(10-8-17)25-16-20-5-3-4-6-22(20)24(30)28(25)14-13-27(25)23(29)19-11-12-26-18(2)15-19/h3-12,15H,13-14,16H2,1-2H3. The summed E-state index contributed by atoms with van der Waals surface area (Å²) in [5, 5.41) is 0. The Labute approximate surface area is 176 Å². The lowest BCUT2D eigenvalue weighted by atomic mass is 9.83. The first kappa shape index (κ1) is 18.6. The predicted octanol–water partition coefficient (Wildman–Crippen LogP) is 3.71. The third-order valence-electron chi connectivity index (χ3n) is 6.27.